The Morgan fingerprint density at radius 2 is 1.35 bits per heavy atom. The molecule has 250 valence electrons. The standard InChI is InChI=1S/C48H36N2O2/c1-29-10-7-19-44-46(29)38-16-4-6-18-42(38)50(44)35-20-22-43-40(28-35)37-15-3-5-17-41(37)49(43)34-14-9-12-32(27-34)31-11-8-13-33(26-31)36-21-23-45-47(30(36)2)39-24-25-51-48(39)52-45/h3-9,11-30,36H,10H2,1-2H3. The third-order valence-corrected chi connectivity index (χ3v) is 11.7. The minimum absolute atomic E-state index is 0.236. The van der Waals surface area contributed by atoms with Gasteiger partial charge in [-0.1, -0.05) is 98.8 Å². The van der Waals surface area contributed by atoms with Gasteiger partial charge in [0.25, 0.3) is 5.78 Å². The van der Waals surface area contributed by atoms with Gasteiger partial charge in [0.15, 0.2) is 0 Å². The van der Waals surface area contributed by atoms with E-state index in [-0.39, 0.29) is 11.8 Å². The first-order valence-electron chi connectivity index (χ1n) is 18.3. The fourth-order valence-electron chi connectivity index (χ4n) is 9.27. The second-order valence-electron chi connectivity index (χ2n) is 14.6. The Balaban J connectivity index is 1.02. The summed E-state index contributed by atoms with van der Waals surface area (Å²) in [5, 5.41) is 4.94. The fourth-order valence-corrected chi connectivity index (χ4v) is 9.27. The molecule has 52 heavy (non-hydrogen) atoms. The zero-order chi connectivity index (χ0) is 34.5. The van der Waals surface area contributed by atoms with Crippen molar-refractivity contribution < 1.29 is 8.83 Å². The average molecular weight is 673 g/mol. The molecule has 11 rings (SSSR count). The van der Waals surface area contributed by atoms with Gasteiger partial charge in [-0.2, -0.15) is 0 Å². The summed E-state index contributed by atoms with van der Waals surface area (Å²) >= 11 is 0. The van der Waals surface area contributed by atoms with Crippen molar-refractivity contribution in [1.82, 2.24) is 9.13 Å². The third-order valence-electron chi connectivity index (χ3n) is 11.7. The summed E-state index contributed by atoms with van der Waals surface area (Å²) in [5.74, 6) is 2.51. The molecule has 0 amide bonds. The van der Waals surface area contributed by atoms with Crippen LogP contribution in [0, 0.1) is 0 Å². The number of hydrogen-bond donors (Lipinski definition) is 0. The second-order valence-corrected chi connectivity index (χ2v) is 14.6. The molecule has 3 unspecified atom stereocenters. The molecule has 0 aliphatic heterocycles. The van der Waals surface area contributed by atoms with E-state index < -0.39 is 0 Å². The number of fused-ring (bicyclic) bond motifs is 9. The van der Waals surface area contributed by atoms with Crippen LogP contribution in [0.3, 0.4) is 0 Å². The van der Waals surface area contributed by atoms with Crippen LogP contribution in [0.15, 0.2) is 149 Å². The molecule has 0 bridgehead atoms. The minimum Gasteiger partial charge on any atom is -0.433 e. The molecule has 0 saturated carbocycles. The van der Waals surface area contributed by atoms with Gasteiger partial charge in [-0.25, -0.2) is 0 Å². The highest BCUT2D eigenvalue weighted by molar-refractivity contribution is 6.10. The van der Waals surface area contributed by atoms with Gasteiger partial charge in [0.2, 0.25) is 0 Å². The molecule has 4 aromatic heterocycles. The maximum atomic E-state index is 6.00. The van der Waals surface area contributed by atoms with Gasteiger partial charge >= 0.3 is 0 Å². The molecule has 0 spiro atoms. The lowest BCUT2D eigenvalue weighted by Crippen LogP contribution is -2.10. The Labute approximate surface area is 301 Å². The van der Waals surface area contributed by atoms with Crippen LogP contribution in [-0.2, 0) is 0 Å². The quantitative estimate of drug-likeness (QED) is 0.187. The van der Waals surface area contributed by atoms with Crippen LogP contribution in [0.25, 0.3) is 78.5 Å². The first-order valence-corrected chi connectivity index (χ1v) is 18.3. The number of hydrogen-bond acceptors (Lipinski definition) is 2. The zero-order valence-corrected chi connectivity index (χ0v) is 29.1. The predicted molar refractivity (Wildman–Crippen MR) is 214 cm³/mol. The molecule has 4 heteroatoms. The SMILES string of the molecule is CC1CC=Cc2c1c1ccccc1n2-c1ccc2c(c1)c1ccccc1n2-c1cccc(-c2cccc(C3C=Cc4oc5occc5c4C3C)c2)c1. The first-order chi connectivity index (χ1) is 25.6. The Morgan fingerprint density at radius 3 is 2.23 bits per heavy atom. The molecule has 3 atom stereocenters. The van der Waals surface area contributed by atoms with Gasteiger partial charge in [-0.15, -0.1) is 0 Å². The Hall–Kier alpha value is -6.26. The van der Waals surface area contributed by atoms with Crippen molar-refractivity contribution in [3.05, 3.63) is 168 Å². The van der Waals surface area contributed by atoms with Gasteiger partial charge in [-0.05, 0) is 101 Å². The number of nitrogens with zero attached hydrogens (tertiary/aromatic N) is 2. The van der Waals surface area contributed by atoms with Gasteiger partial charge in [-0.3, -0.25) is 0 Å². The maximum Gasteiger partial charge on any atom is 0.297 e. The zero-order valence-electron chi connectivity index (χ0n) is 29.1. The highest BCUT2D eigenvalue weighted by Gasteiger charge is 2.30. The van der Waals surface area contributed by atoms with Crippen molar-refractivity contribution in [1.29, 1.82) is 0 Å². The van der Waals surface area contributed by atoms with Crippen LogP contribution < -0.4 is 0 Å². The first kappa shape index (κ1) is 29.5. The van der Waals surface area contributed by atoms with Crippen molar-refractivity contribution in [3.8, 4) is 22.5 Å². The molecule has 0 fully saturated rings. The Morgan fingerprint density at radius 1 is 0.596 bits per heavy atom. The van der Waals surface area contributed by atoms with Crippen molar-refractivity contribution in [2.45, 2.75) is 38.0 Å². The molecule has 2 aliphatic rings. The minimum atomic E-state index is 0.236. The fraction of sp³-hybridized carbons (Fsp3) is 0.125. The summed E-state index contributed by atoms with van der Waals surface area (Å²) in [7, 11) is 0. The van der Waals surface area contributed by atoms with E-state index in [0.29, 0.717) is 11.7 Å². The highest BCUT2D eigenvalue weighted by Crippen LogP contribution is 2.46. The Kier molecular flexibility index (Phi) is 6.30. The molecular weight excluding hydrogens is 637 g/mol. The predicted octanol–water partition coefficient (Wildman–Crippen LogP) is 13.2. The number of rotatable bonds is 4. The molecule has 4 nitrogen and oxygen atoms in total. The number of allylic oxidation sites excluding steroid dienone is 2. The van der Waals surface area contributed by atoms with E-state index in [2.05, 4.69) is 163 Å². The topological polar surface area (TPSA) is 36.1 Å². The van der Waals surface area contributed by atoms with Gasteiger partial charge in [0, 0.05) is 44.7 Å². The van der Waals surface area contributed by atoms with E-state index in [1.54, 1.807) is 6.26 Å². The summed E-state index contributed by atoms with van der Waals surface area (Å²) in [5.41, 5.74) is 13.7. The molecule has 0 N–H and O–H groups in total. The molecule has 0 radical (unpaired) electrons. The van der Waals surface area contributed by atoms with Crippen LogP contribution in [0.1, 0.15) is 66.2 Å². The van der Waals surface area contributed by atoms with Gasteiger partial charge in [0.1, 0.15) is 5.76 Å². The summed E-state index contributed by atoms with van der Waals surface area (Å²) < 4.78 is 16.5. The third kappa shape index (κ3) is 4.21. The largest absolute Gasteiger partial charge is 0.433 e. The molecule has 9 aromatic rings. The van der Waals surface area contributed by atoms with E-state index in [9.17, 15) is 0 Å². The summed E-state index contributed by atoms with van der Waals surface area (Å²) in [4.78, 5) is 0. The number of para-hydroxylation sites is 2. The van der Waals surface area contributed by atoms with E-state index in [1.165, 1.54) is 71.9 Å². The van der Waals surface area contributed by atoms with Crippen molar-refractivity contribution in [2.75, 3.05) is 0 Å². The summed E-state index contributed by atoms with van der Waals surface area (Å²) in [6, 6.07) is 44.7. The van der Waals surface area contributed by atoms with Crippen LogP contribution in [0.2, 0.25) is 0 Å². The number of benzene rings is 5. The van der Waals surface area contributed by atoms with E-state index in [0.717, 1.165) is 23.3 Å². The van der Waals surface area contributed by atoms with Crippen LogP contribution in [0.5, 0.6) is 0 Å². The number of aromatic nitrogens is 2. The lowest BCUT2D eigenvalue weighted by Gasteiger charge is -2.25. The lowest BCUT2D eigenvalue weighted by molar-refractivity contribution is 0.467. The van der Waals surface area contributed by atoms with Crippen molar-refractivity contribution in [3.63, 3.8) is 0 Å². The summed E-state index contributed by atoms with van der Waals surface area (Å²) in [6.45, 7) is 4.64. The van der Waals surface area contributed by atoms with Gasteiger partial charge in [0.05, 0.1) is 28.2 Å². The van der Waals surface area contributed by atoms with E-state index in [4.69, 9.17) is 8.83 Å². The molecule has 5 aromatic carbocycles. The molecule has 0 saturated heterocycles. The molecule has 4 heterocycles. The molecular formula is C48H36N2O2. The van der Waals surface area contributed by atoms with Crippen molar-refractivity contribution >= 4 is 56.0 Å². The second kappa shape index (κ2) is 11.1. The lowest BCUT2D eigenvalue weighted by atomic mass is 9.78. The maximum absolute atomic E-state index is 6.00. The van der Waals surface area contributed by atoms with E-state index in [1.807, 2.05) is 6.07 Å². The smallest absolute Gasteiger partial charge is 0.297 e. The highest BCUT2D eigenvalue weighted by atomic mass is 16.5. The van der Waals surface area contributed by atoms with Crippen LogP contribution >= 0.6 is 0 Å². The van der Waals surface area contributed by atoms with Crippen LogP contribution in [0.4, 0.5) is 0 Å². The van der Waals surface area contributed by atoms with Crippen molar-refractivity contribution in [2.24, 2.45) is 0 Å². The van der Waals surface area contributed by atoms with Crippen LogP contribution in [-0.4, -0.2) is 9.13 Å². The molecule has 2 aliphatic carbocycles. The average Bonchev–Trinajstić information content (AvgIpc) is 3.94. The van der Waals surface area contributed by atoms with E-state index >= 15 is 0 Å². The number of furan rings is 2. The monoisotopic (exact) mass is 672 g/mol. The van der Waals surface area contributed by atoms with Gasteiger partial charge < -0.3 is 18.0 Å². The summed E-state index contributed by atoms with van der Waals surface area (Å²) in [6.07, 6.45) is 11.8. The Bertz CT molecular complexity index is 2940. The normalized spacial score (nSPS) is 18.2.